The summed E-state index contributed by atoms with van der Waals surface area (Å²) in [5, 5.41) is 3.71. The molecule has 0 spiro atoms. The molecule has 1 aliphatic rings. The van der Waals surface area contributed by atoms with Crippen molar-refractivity contribution in [1.29, 1.82) is 0 Å². The fraction of sp³-hybridized carbons (Fsp3) is 0.227. The molecule has 1 atom stereocenters. The summed E-state index contributed by atoms with van der Waals surface area (Å²) in [4.78, 5) is 14.9. The summed E-state index contributed by atoms with van der Waals surface area (Å²) in [6, 6.07) is 19.1. The number of carbonyl (C=O) groups excluding carboxylic acids is 1. The van der Waals surface area contributed by atoms with Crippen LogP contribution in [-0.4, -0.2) is 16.9 Å². The van der Waals surface area contributed by atoms with Crippen molar-refractivity contribution in [2.24, 2.45) is 5.73 Å². The van der Waals surface area contributed by atoms with Crippen molar-refractivity contribution in [3.8, 4) is 11.3 Å². The Labute approximate surface area is 153 Å². The predicted octanol–water partition coefficient (Wildman–Crippen LogP) is 4.06. The van der Waals surface area contributed by atoms with Crippen LogP contribution in [0.15, 0.2) is 54.6 Å². The van der Waals surface area contributed by atoms with Gasteiger partial charge in [0, 0.05) is 28.7 Å². The number of primary amides is 1. The Morgan fingerprint density at radius 1 is 1.12 bits per heavy atom. The molecule has 132 valence electrons. The third-order valence-electron chi connectivity index (χ3n) is 5.20. The number of carbonyl (C=O) groups is 1. The highest BCUT2D eigenvalue weighted by molar-refractivity contribution is 5.96. The van der Waals surface area contributed by atoms with E-state index in [1.165, 1.54) is 11.1 Å². The molecule has 4 nitrogen and oxygen atoms in total. The zero-order valence-corrected chi connectivity index (χ0v) is 14.9. The number of nitrogens with one attached hydrogen (secondary N) is 2. The topological polar surface area (TPSA) is 70.9 Å². The Balaban J connectivity index is 1.61. The van der Waals surface area contributed by atoms with Gasteiger partial charge < -0.3 is 16.0 Å². The maximum atomic E-state index is 11.6. The summed E-state index contributed by atoms with van der Waals surface area (Å²) in [7, 11) is 0. The van der Waals surface area contributed by atoms with E-state index in [0.717, 1.165) is 41.9 Å². The van der Waals surface area contributed by atoms with Crippen molar-refractivity contribution in [3.63, 3.8) is 0 Å². The predicted molar refractivity (Wildman–Crippen MR) is 105 cm³/mol. The zero-order valence-electron chi connectivity index (χ0n) is 14.9. The van der Waals surface area contributed by atoms with Crippen LogP contribution in [0.3, 0.4) is 0 Å². The molecule has 1 unspecified atom stereocenters. The van der Waals surface area contributed by atoms with Crippen LogP contribution in [0.5, 0.6) is 0 Å². The Morgan fingerprint density at radius 3 is 2.62 bits per heavy atom. The number of hydrogen-bond donors (Lipinski definition) is 3. The molecule has 1 heterocycles. The molecule has 0 radical (unpaired) electrons. The molecular formula is C22H23N3O. The highest BCUT2D eigenvalue weighted by Crippen LogP contribution is 2.31. The van der Waals surface area contributed by atoms with Crippen LogP contribution in [0.25, 0.3) is 11.3 Å². The second kappa shape index (κ2) is 6.71. The lowest BCUT2D eigenvalue weighted by molar-refractivity contribution is 0.1000. The second-order valence-corrected chi connectivity index (χ2v) is 6.98. The van der Waals surface area contributed by atoms with Gasteiger partial charge in [0.05, 0.1) is 5.56 Å². The molecule has 4 N–H and O–H groups in total. The molecule has 0 saturated carbocycles. The van der Waals surface area contributed by atoms with E-state index in [2.05, 4.69) is 46.7 Å². The zero-order chi connectivity index (χ0) is 18.1. The van der Waals surface area contributed by atoms with Crippen molar-refractivity contribution in [2.45, 2.75) is 32.2 Å². The number of H-pyrrole nitrogens is 1. The summed E-state index contributed by atoms with van der Waals surface area (Å²) in [6.45, 7) is 1.87. The minimum atomic E-state index is -0.403. The van der Waals surface area contributed by atoms with Gasteiger partial charge >= 0.3 is 0 Å². The van der Waals surface area contributed by atoms with Gasteiger partial charge in [0.1, 0.15) is 0 Å². The highest BCUT2D eigenvalue weighted by Gasteiger charge is 2.20. The van der Waals surface area contributed by atoms with Gasteiger partial charge in [-0.15, -0.1) is 0 Å². The van der Waals surface area contributed by atoms with Crippen LogP contribution in [0, 0.1) is 6.92 Å². The number of aromatic nitrogens is 1. The van der Waals surface area contributed by atoms with Crippen LogP contribution in [0.1, 0.15) is 33.6 Å². The van der Waals surface area contributed by atoms with Crippen molar-refractivity contribution in [3.05, 3.63) is 77.0 Å². The molecule has 26 heavy (non-hydrogen) atoms. The van der Waals surface area contributed by atoms with Crippen molar-refractivity contribution >= 4 is 11.6 Å². The number of aryl methyl sites for hydroxylation is 2. The van der Waals surface area contributed by atoms with E-state index < -0.39 is 5.91 Å². The van der Waals surface area contributed by atoms with Gasteiger partial charge in [0.25, 0.3) is 5.91 Å². The molecule has 1 amide bonds. The van der Waals surface area contributed by atoms with E-state index in [-0.39, 0.29) is 0 Å². The van der Waals surface area contributed by atoms with Crippen LogP contribution in [0.2, 0.25) is 0 Å². The lowest BCUT2D eigenvalue weighted by atomic mass is 9.88. The van der Waals surface area contributed by atoms with E-state index in [0.29, 0.717) is 11.6 Å². The first-order chi connectivity index (χ1) is 12.6. The summed E-state index contributed by atoms with van der Waals surface area (Å²) in [5.41, 5.74) is 12.7. The van der Waals surface area contributed by atoms with Gasteiger partial charge in [0.15, 0.2) is 0 Å². The summed E-state index contributed by atoms with van der Waals surface area (Å²) >= 11 is 0. The number of benzene rings is 2. The number of amides is 1. The highest BCUT2D eigenvalue weighted by atomic mass is 16.1. The molecule has 1 aromatic heterocycles. The molecule has 4 heteroatoms. The lowest BCUT2D eigenvalue weighted by Crippen LogP contribution is -2.27. The quantitative estimate of drug-likeness (QED) is 0.667. The van der Waals surface area contributed by atoms with E-state index in [4.69, 9.17) is 5.73 Å². The Kier molecular flexibility index (Phi) is 4.25. The minimum Gasteiger partial charge on any atom is -0.381 e. The van der Waals surface area contributed by atoms with Gasteiger partial charge in [0.2, 0.25) is 0 Å². The van der Waals surface area contributed by atoms with E-state index >= 15 is 0 Å². The monoisotopic (exact) mass is 345 g/mol. The number of para-hydroxylation sites is 1. The maximum Gasteiger partial charge on any atom is 0.250 e. The first-order valence-electron chi connectivity index (χ1n) is 9.04. The normalized spacial score (nSPS) is 16.1. The van der Waals surface area contributed by atoms with Gasteiger partial charge in [-0.3, -0.25) is 4.79 Å². The van der Waals surface area contributed by atoms with Gasteiger partial charge in [-0.1, -0.05) is 42.5 Å². The molecule has 3 aromatic rings. The SMILES string of the molecule is Cc1[nH]c(-c2ccccc2NC2CCc3ccccc3C2)cc1C(N)=O. The Hall–Kier alpha value is -3.01. The molecule has 2 aromatic carbocycles. The number of nitrogens with two attached hydrogens (primary N) is 1. The van der Waals surface area contributed by atoms with Gasteiger partial charge in [-0.25, -0.2) is 0 Å². The molecule has 0 saturated heterocycles. The van der Waals surface area contributed by atoms with Crippen LogP contribution in [0.4, 0.5) is 5.69 Å². The summed E-state index contributed by atoms with van der Waals surface area (Å²) in [6.07, 6.45) is 3.24. The van der Waals surface area contributed by atoms with E-state index in [9.17, 15) is 4.79 Å². The second-order valence-electron chi connectivity index (χ2n) is 6.98. The van der Waals surface area contributed by atoms with E-state index in [1.54, 1.807) is 0 Å². The van der Waals surface area contributed by atoms with E-state index in [1.807, 2.05) is 25.1 Å². The van der Waals surface area contributed by atoms with Crippen LogP contribution >= 0.6 is 0 Å². The summed E-state index contributed by atoms with van der Waals surface area (Å²) in [5.74, 6) is -0.403. The number of rotatable bonds is 4. The van der Waals surface area contributed by atoms with Gasteiger partial charge in [-0.2, -0.15) is 0 Å². The first-order valence-corrected chi connectivity index (χ1v) is 9.04. The smallest absolute Gasteiger partial charge is 0.250 e. The Bertz CT molecular complexity index is 958. The average molecular weight is 345 g/mol. The summed E-state index contributed by atoms with van der Waals surface area (Å²) < 4.78 is 0. The third-order valence-corrected chi connectivity index (χ3v) is 5.20. The number of fused-ring (bicyclic) bond motifs is 1. The largest absolute Gasteiger partial charge is 0.381 e. The fourth-order valence-electron chi connectivity index (χ4n) is 3.84. The Morgan fingerprint density at radius 2 is 1.85 bits per heavy atom. The molecule has 0 aliphatic heterocycles. The third kappa shape index (κ3) is 3.10. The molecule has 4 rings (SSSR count). The van der Waals surface area contributed by atoms with Crippen molar-refractivity contribution in [1.82, 2.24) is 4.98 Å². The lowest BCUT2D eigenvalue weighted by Gasteiger charge is -2.27. The molecule has 0 fully saturated rings. The molecule has 0 bridgehead atoms. The first kappa shape index (κ1) is 16.5. The average Bonchev–Trinajstić information content (AvgIpc) is 3.04. The van der Waals surface area contributed by atoms with Crippen LogP contribution < -0.4 is 11.1 Å². The number of hydrogen-bond acceptors (Lipinski definition) is 2. The molecule has 1 aliphatic carbocycles. The molecular weight excluding hydrogens is 322 g/mol. The van der Waals surface area contributed by atoms with Crippen LogP contribution in [-0.2, 0) is 12.8 Å². The van der Waals surface area contributed by atoms with Crippen molar-refractivity contribution in [2.75, 3.05) is 5.32 Å². The number of aromatic amines is 1. The number of anilines is 1. The van der Waals surface area contributed by atoms with Gasteiger partial charge in [-0.05, 0) is 49.4 Å². The fourth-order valence-corrected chi connectivity index (χ4v) is 3.84. The standard InChI is InChI=1S/C22H23N3O/c1-14-19(22(23)26)13-21(24-14)18-8-4-5-9-20(18)25-17-11-10-15-6-2-3-7-16(15)12-17/h2-9,13,17,24-25H,10-12H2,1H3,(H2,23,26). The minimum absolute atomic E-state index is 0.401. The van der Waals surface area contributed by atoms with Crippen molar-refractivity contribution < 1.29 is 4.79 Å². The maximum absolute atomic E-state index is 11.6.